The Balaban J connectivity index is 2.28. The number of hydrogen-bond acceptors (Lipinski definition) is 2. The molecule has 1 N–H and O–H groups in total. The number of ether oxygens (including phenoxy) is 1. The summed E-state index contributed by atoms with van der Waals surface area (Å²) in [5.74, 6) is -0.283. The number of benzene rings is 2. The highest BCUT2D eigenvalue weighted by Gasteiger charge is 2.14. The number of halogens is 3. The Morgan fingerprint density at radius 2 is 2.10 bits per heavy atom. The molecular weight excluding hydrogens is 361 g/mol. The molecule has 0 aliphatic heterocycles. The Kier molecular flexibility index (Phi) is 5.20. The van der Waals surface area contributed by atoms with Crippen molar-refractivity contribution in [2.24, 2.45) is 0 Å². The van der Waals surface area contributed by atoms with E-state index in [1.54, 1.807) is 18.2 Å². The molecule has 2 rings (SSSR count). The van der Waals surface area contributed by atoms with Crippen LogP contribution in [-0.2, 0) is 0 Å². The van der Waals surface area contributed by atoms with Crippen LogP contribution in [-0.4, -0.2) is 12.5 Å². The van der Waals surface area contributed by atoms with E-state index in [1.807, 2.05) is 6.92 Å². The van der Waals surface area contributed by atoms with Crippen molar-refractivity contribution in [1.29, 1.82) is 0 Å². The van der Waals surface area contributed by atoms with Gasteiger partial charge in [0.15, 0.2) is 0 Å². The highest BCUT2D eigenvalue weighted by atomic mass is 79.9. The van der Waals surface area contributed by atoms with Crippen LogP contribution in [0.2, 0.25) is 5.02 Å². The minimum absolute atomic E-state index is 0.318. The molecule has 0 bridgehead atoms. The first kappa shape index (κ1) is 15.8. The largest absolute Gasteiger partial charge is 0.492 e. The van der Waals surface area contributed by atoms with Crippen molar-refractivity contribution in [3.05, 3.63) is 57.3 Å². The van der Waals surface area contributed by atoms with Gasteiger partial charge in [-0.15, -0.1) is 0 Å². The molecular formula is C15H12BrClFNO2. The second kappa shape index (κ2) is 6.91. The van der Waals surface area contributed by atoms with Gasteiger partial charge in [-0.25, -0.2) is 4.39 Å². The van der Waals surface area contributed by atoms with Gasteiger partial charge in [-0.2, -0.15) is 0 Å². The van der Waals surface area contributed by atoms with Crippen LogP contribution in [0.1, 0.15) is 17.3 Å². The molecule has 0 saturated heterocycles. The fraction of sp³-hybridized carbons (Fsp3) is 0.133. The summed E-state index contributed by atoms with van der Waals surface area (Å²) in [5.41, 5.74) is 0.782. The van der Waals surface area contributed by atoms with Gasteiger partial charge in [-0.05, 0) is 59.3 Å². The van der Waals surface area contributed by atoms with E-state index in [1.165, 1.54) is 18.2 Å². The molecule has 0 aliphatic carbocycles. The van der Waals surface area contributed by atoms with Crippen molar-refractivity contribution in [3.8, 4) is 5.75 Å². The zero-order valence-corrected chi connectivity index (χ0v) is 13.5. The zero-order valence-electron chi connectivity index (χ0n) is 11.1. The summed E-state index contributed by atoms with van der Waals surface area (Å²) in [6, 6.07) is 8.82. The molecule has 2 aromatic carbocycles. The summed E-state index contributed by atoms with van der Waals surface area (Å²) in [5, 5.41) is 3.19. The van der Waals surface area contributed by atoms with E-state index in [9.17, 15) is 9.18 Å². The molecule has 0 radical (unpaired) electrons. The summed E-state index contributed by atoms with van der Waals surface area (Å²) in [6.45, 7) is 2.31. The third-order valence-electron chi connectivity index (χ3n) is 2.67. The normalized spacial score (nSPS) is 10.3. The second-order valence-electron chi connectivity index (χ2n) is 4.15. The Bertz CT molecular complexity index is 679. The molecule has 0 saturated carbocycles. The number of nitrogens with one attached hydrogen (secondary N) is 1. The summed E-state index contributed by atoms with van der Waals surface area (Å²) >= 11 is 9.10. The summed E-state index contributed by atoms with van der Waals surface area (Å²) < 4.78 is 18.9. The predicted molar refractivity (Wildman–Crippen MR) is 84.7 cm³/mol. The monoisotopic (exact) mass is 371 g/mol. The third kappa shape index (κ3) is 3.95. The molecule has 0 fully saturated rings. The zero-order chi connectivity index (χ0) is 15.4. The number of anilines is 1. The maximum absolute atomic E-state index is 13.1. The van der Waals surface area contributed by atoms with Gasteiger partial charge in [0, 0.05) is 9.50 Å². The molecule has 2 aromatic rings. The van der Waals surface area contributed by atoms with E-state index in [-0.39, 0.29) is 5.91 Å². The Morgan fingerprint density at radius 1 is 1.33 bits per heavy atom. The van der Waals surface area contributed by atoms with Crippen molar-refractivity contribution in [2.45, 2.75) is 6.92 Å². The molecule has 3 nitrogen and oxygen atoms in total. The highest BCUT2D eigenvalue weighted by Crippen LogP contribution is 2.29. The van der Waals surface area contributed by atoms with Crippen LogP contribution in [0, 0.1) is 5.82 Å². The lowest BCUT2D eigenvalue weighted by atomic mass is 10.2. The molecule has 21 heavy (non-hydrogen) atoms. The Labute approximate surface area is 135 Å². The molecule has 0 aromatic heterocycles. The topological polar surface area (TPSA) is 38.3 Å². The summed E-state index contributed by atoms with van der Waals surface area (Å²) in [7, 11) is 0. The number of rotatable bonds is 4. The SMILES string of the molecule is CCOc1ccc(Cl)cc1NC(=O)c1ccc(F)cc1Br. The molecule has 0 unspecified atom stereocenters. The van der Waals surface area contributed by atoms with Crippen LogP contribution in [0.4, 0.5) is 10.1 Å². The minimum atomic E-state index is -0.420. The van der Waals surface area contributed by atoms with Crippen LogP contribution < -0.4 is 10.1 Å². The van der Waals surface area contributed by atoms with Crippen molar-refractivity contribution in [3.63, 3.8) is 0 Å². The van der Waals surface area contributed by atoms with Gasteiger partial charge in [0.2, 0.25) is 0 Å². The van der Waals surface area contributed by atoms with Gasteiger partial charge in [-0.1, -0.05) is 11.6 Å². The Hall–Kier alpha value is -1.59. The molecule has 0 heterocycles. The number of amides is 1. The highest BCUT2D eigenvalue weighted by molar-refractivity contribution is 9.10. The van der Waals surface area contributed by atoms with E-state index in [0.717, 1.165) is 0 Å². The number of hydrogen-bond donors (Lipinski definition) is 1. The van der Waals surface area contributed by atoms with Crippen LogP contribution in [0.3, 0.4) is 0 Å². The smallest absolute Gasteiger partial charge is 0.256 e. The quantitative estimate of drug-likeness (QED) is 0.829. The molecule has 0 aliphatic rings. The van der Waals surface area contributed by atoms with Gasteiger partial charge in [0.25, 0.3) is 5.91 Å². The van der Waals surface area contributed by atoms with E-state index in [4.69, 9.17) is 16.3 Å². The lowest BCUT2D eigenvalue weighted by molar-refractivity contribution is 0.102. The van der Waals surface area contributed by atoms with Crippen molar-refractivity contribution >= 4 is 39.1 Å². The fourth-order valence-corrected chi connectivity index (χ4v) is 2.45. The van der Waals surface area contributed by atoms with E-state index < -0.39 is 5.82 Å². The minimum Gasteiger partial charge on any atom is -0.492 e. The number of carbonyl (C=O) groups is 1. The van der Waals surface area contributed by atoms with Crippen LogP contribution >= 0.6 is 27.5 Å². The first-order valence-electron chi connectivity index (χ1n) is 6.20. The predicted octanol–water partition coefficient (Wildman–Crippen LogP) is 4.89. The molecule has 110 valence electrons. The first-order valence-corrected chi connectivity index (χ1v) is 7.37. The molecule has 1 amide bonds. The van der Waals surface area contributed by atoms with E-state index in [0.29, 0.717) is 33.1 Å². The van der Waals surface area contributed by atoms with Crippen LogP contribution in [0.15, 0.2) is 40.9 Å². The maximum Gasteiger partial charge on any atom is 0.256 e. The van der Waals surface area contributed by atoms with Crippen molar-refractivity contribution < 1.29 is 13.9 Å². The standard InChI is InChI=1S/C15H12BrClFNO2/c1-2-21-14-6-3-9(17)7-13(14)19-15(20)11-5-4-10(18)8-12(11)16/h3-8H,2H2,1H3,(H,19,20). The summed E-state index contributed by atoms with van der Waals surface area (Å²) in [4.78, 5) is 12.3. The van der Waals surface area contributed by atoms with Gasteiger partial charge >= 0.3 is 0 Å². The maximum atomic E-state index is 13.1. The lowest BCUT2D eigenvalue weighted by Gasteiger charge is -2.12. The van der Waals surface area contributed by atoms with Crippen LogP contribution in [0.5, 0.6) is 5.75 Å². The van der Waals surface area contributed by atoms with Gasteiger partial charge < -0.3 is 10.1 Å². The second-order valence-corrected chi connectivity index (χ2v) is 5.44. The molecule has 0 spiro atoms. The van der Waals surface area contributed by atoms with E-state index >= 15 is 0 Å². The average Bonchev–Trinajstić information content (AvgIpc) is 2.41. The van der Waals surface area contributed by atoms with Crippen molar-refractivity contribution in [1.82, 2.24) is 0 Å². The van der Waals surface area contributed by atoms with Gasteiger partial charge in [0.1, 0.15) is 11.6 Å². The van der Waals surface area contributed by atoms with Crippen LogP contribution in [0.25, 0.3) is 0 Å². The van der Waals surface area contributed by atoms with E-state index in [2.05, 4.69) is 21.2 Å². The average molecular weight is 373 g/mol. The number of carbonyl (C=O) groups excluding carboxylic acids is 1. The molecule has 6 heteroatoms. The van der Waals surface area contributed by atoms with Crippen molar-refractivity contribution in [2.75, 3.05) is 11.9 Å². The Morgan fingerprint density at radius 3 is 2.76 bits per heavy atom. The molecule has 0 atom stereocenters. The van der Waals surface area contributed by atoms with Gasteiger partial charge in [-0.3, -0.25) is 4.79 Å². The third-order valence-corrected chi connectivity index (χ3v) is 3.56. The fourth-order valence-electron chi connectivity index (χ4n) is 1.74. The summed E-state index contributed by atoms with van der Waals surface area (Å²) in [6.07, 6.45) is 0. The first-order chi connectivity index (χ1) is 10.0. The van der Waals surface area contributed by atoms with Gasteiger partial charge in [0.05, 0.1) is 17.9 Å². The lowest BCUT2D eigenvalue weighted by Crippen LogP contribution is -2.13.